The molecule has 0 saturated heterocycles. The predicted molar refractivity (Wildman–Crippen MR) is 77.6 cm³/mol. The average Bonchev–Trinajstić information content (AvgIpc) is 2.93. The second-order valence-corrected chi connectivity index (χ2v) is 4.60. The van der Waals surface area contributed by atoms with E-state index in [4.69, 9.17) is 9.47 Å². The van der Waals surface area contributed by atoms with Crippen LogP contribution in [0.25, 0.3) is 16.8 Å². The molecule has 22 heavy (non-hydrogen) atoms. The van der Waals surface area contributed by atoms with Gasteiger partial charge in [-0.15, -0.1) is 0 Å². The summed E-state index contributed by atoms with van der Waals surface area (Å²) < 4.78 is 11.2. The van der Waals surface area contributed by atoms with E-state index in [2.05, 4.69) is 9.97 Å². The molecular formula is C15H13N3O4. The molecule has 0 bridgehead atoms. The van der Waals surface area contributed by atoms with Gasteiger partial charge in [-0.1, -0.05) is 12.1 Å². The summed E-state index contributed by atoms with van der Waals surface area (Å²) in [4.78, 5) is 32.2. The van der Waals surface area contributed by atoms with Gasteiger partial charge in [0.1, 0.15) is 0 Å². The van der Waals surface area contributed by atoms with Gasteiger partial charge in [-0.05, 0) is 12.1 Å². The molecule has 2 aromatic heterocycles. The average molecular weight is 299 g/mol. The molecule has 0 aliphatic carbocycles. The van der Waals surface area contributed by atoms with Crippen LogP contribution in [0.2, 0.25) is 0 Å². The largest absolute Gasteiger partial charge is 0.469 e. The first-order valence-corrected chi connectivity index (χ1v) is 6.56. The van der Waals surface area contributed by atoms with E-state index in [-0.39, 0.29) is 12.0 Å². The smallest absolute Gasteiger partial charge is 0.341 e. The highest BCUT2D eigenvalue weighted by Gasteiger charge is 2.21. The lowest BCUT2D eigenvalue weighted by atomic mass is 10.1. The van der Waals surface area contributed by atoms with Gasteiger partial charge in [0.05, 0.1) is 42.9 Å². The molecule has 0 amide bonds. The zero-order valence-corrected chi connectivity index (χ0v) is 12.1. The number of rotatable bonds is 3. The molecule has 7 nitrogen and oxygen atoms in total. The van der Waals surface area contributed by atoms with Crippen LogP contribution in [0.4, 0.5) is 0 Å². The van der Waals surface area contributed by atoms with Gasteiger partial charge in [-0.25, -0.2) is 14.8 Å². The van der Waals surface area contributed by atoms with Crippen LogP contribution in [-0.2, 0) is 20.7 Å². The number of fused-ring (bicyclic) bond motifs is 3. The normalized spacial score (nSPS) is 10.8. The standard InChI is InChI=1S/C15H13N3O4/c1-21-13(19)7-12-9(14(20)22-2)8-16-15-17-10-5-3-4-6-11(10)18(12)15/h3-6,8H,7H2,1-2H3. The second-order valence-electron chi connectivity index (χ2n) is 4.60. The van der Waals surface area contributed by atoms with E-state index in [0.29, 0.717) is 11.5 Å². The fourth-order valence-electron chi connectivity index (χ4n) is 2.35. The van der Waals surface area contributed by atoms with E-state index in [0.717, 1.165) is 11.0 Å². The van der Waals surface area contributed by atoms with Gasteiger partial charge in [-0.2, -0.15) is 0 Å². The maximum absolute atomic E-state index is 12.0. The molecular weight excluding hydrogens is 286 g/mol. The number of esters is 2. The summed E-state index contributed by atoms with van der Waals surface area (Å²) in [5, 5.41) is 0. The summed E-state index contributed by atoms with van der Waals surface area (Å²) in [7, 11) is 2.57. The summed E-state index contributed by atoms with van der Waals surface area (Å²) in [5.74, 6) is -0.616. The quantitative estimate of drug-likeness (QED) is 0.680. The summed E-state index contributed by atoms with van der Waals surface area (Å²) in [6.07, 6.45) is 1.28. The van der Waals surface area contributed by atoms with Gasteiger partial charge in [-0.3, -0.25) is 9.20 Å². The monoisotopic (exact) mass is 299 g/mol. The van der Waals surface area contributed by atoms with Crippen LogP contribution >= 0.6 is 0 Å². The van der Waals surface area contributed by atoms with Gasteiger partial charge >= 0.3 is 11.9 Å². The third-order valence-electron chi connectivity index (χ3n) is 3.38. The maximum Gasteiger partial charge on any atom is 0.341 e. The minimum Gasteiger partial charge on any atom is -0.469 e. The molecule has 3 aromatic rings. The molecule has 0 aliphatic heterocycles. The molecule has 0 atom stereocenters. The Morgan fingerprint density at radius 3 is 2.68 bits per heavy atom. The number of carbonyl (C=O) groups excluding carboxylic acids is 2. The highest BCUT2D eigenvalue weighted by atomic mass is 16.5. The Morgan fingerprint density at radius 1 is 1.18 bits per heavy atom. The lowest BCUT2D eigenvalue weighted by Crippen LogP contribution is -2.16. The highest BCUT2D eigenvalue weighted by Crippen LogP contribution is 2.20. The Hall–Kier alpha value is -2.96. The van der Waals surface area contributed by atoms with Gasteiger partial charge in [0.25, 0.3) is 0 Å². The Labute approximate surface area is 125 Å². The first kappa shape index (κ1) is 14.0. The highest BCUT2D eigenvalue weighted by molar-refractivity contribution is 5.93. The van der Waals surface area contributed by atoms with E-state index in [1.165, 1.54) is 20.4 Å². The van der Waals surface area contributed by atoms with Crippen LogP contribution in [0, 0.1) is 0 Å². The van der Waals surface area contributed by atoms with Crippen molar-refractivity contribution in [3.8, 4) is 0 Å². The van der Waals surface area contributed by atoms with Crippen molar-refractivity contribution in [1.29, 1.82) is 0 Å². The fraction of sp³-hybridized carbons (Fsp3) is 0.200. The van der Waals surface area contributed by atoms with Crippen molar-refractivity contribution in [3.05, 3.63) is 41.7 Å². The van der Waals surface area contributed by atoms with Crippen molar-refractivity contribution in [2.75, 3.05) is 14.2 Å². The number of imidazole rings is 1. The van der Waals surface area contributed by atoms with Gasteiger partial charge in [0.2, 0.25) is 5.78 Å². The fourth-order valence-corrected chi connectivity index (χ4v) is 2.35. The van der Waals surface area contributed by atoms with Crippen molar-refractivity contribution in [2.45, 2.75) is 6.42 Å². The molecule has 0 saturated carbocycles. The molecule has 0 radical (unpaired) electrons. The first-order chi connectivity index (χ1) is 10.7. The summed E-state index contributed by atoms with van der Waals surface area (Å²) in [6, 6.07) is 7.39. The van der Waals surface area contributed by atoms with E-state index >= 15 is 0 Å². The van der Waals surface area contributed by atoms with Crippen LogP contribution in [0.1, 0.15) is 16.1 Å². The second kappa shape index (κ2) is 5.44. The number of methoxy groups -OCH3 is 2. The van der Waals surface area contributed by atoms with Crippen LogP contribution in [0.3, 0.4) is 0 Å². The molecule has 112 valence electrons. The minimum absolute atomic E-state index is 0.0830. The van der Waals surface area contributed by atoms with Crippen molar-refractivity contribution in [1.82, 2.24) is 14.4 Å². The van der Waals surface area contributed by atoms with E-state index in [9.17, 15) is 9.59 Å². The molecule has 0 fully saturated rings. The van der Waals surface area contributed by atoms with Gasteiger partial charge < -0.3 is 9.47 Å². The van der Waals surface area contributed by atoms with E-state index in [1.54, 1.807) is 4.40 Å². The van der Waals surface area contributed by atoms with Crippen LogP contribution in [-0.4, -0.2) is 40.5 Å². The Bertz CT molecular complexity index is 885. The topological polar surface area (TPSA) is 82.8 Å². The molecule has 0 N–H and O–H groups in total. The van der Waals surface area contributed by atoms with Crippen molar-refractivity contribution in [3.63, 3.8) is 0 Å². The van der Waals surface area contributed by atoms with Crippen LogP contribution < -0.4 is 0 Å². The van der Waals surface area contributed by atoms with E-state index in [1.807, 2.05) is 24.3 Å². The number of benzene rings is 1. The summed E-state index contributed by atoms with van der Waals surface area (Å²) in [6.45, 7) is 0. The lowest BCUT2D eigenvalue weighted by Gasteiger charge is -2.10. The molecule has 0 spiro atoms. The lowest BCUT2D eigenvalue weighted by molar-refractivity contribution is -0.139. The third kappa shape index (κ3) is 2.16. The summed E-state index contributed by atoms with van der Waals surface area (Å²) in [5.41, 5.74) is 2.14. The number of hydrogen-bond acceptors (Lipinski definition) is 6. The molecule has 2 heterocycles. The van der Waals surface area contributed by atoms with Crippen molar-refractivity contribution in [2.24, 2.45) is 0 Å². The maximum atomic E-state index is 12.0. The van der Waals surface area contributed by atoms with Crippen molar-refractivity contribution >= 4 is 28.7 Å². The minimum atomic E-state index is -0.564. The Morgan fingerprint density at radius 2 is 1.95 bits per heavy atom. The van der Waals surface area contributed by atoms with Crippen LogP contribution in [0.15, 0.2) is 30.5 Å². The molecule has 3 rings (SSSR count). The number of ether oxygens (including phenoxy) is 2. The molecule has 7 heteroatoms. The molecule has 0 aliphatic rings. The zero-order valence-electron chi connectivity index (χ0n) is 12.1. The molecule has 1 aromatic carbocycles. The van der Waals surface area contributed by atoms with Gasteiger partial charge in [0.15, 0.2) is 0 Å². The zero-order chi connectivity index (χ0) is 15.7. The number of nitrogens with zero attached hydrogens (tertiary/aromatic N) is 3. The van der Waals surface area contributed by atoms with E-state index < -0.39 is 11.9 Å². The number of para-hydroxylation sites is 2. The summed E-state index contributed by atoms with van der Waals surface area (Å²) >= 11 is 0. The van der Waals surface area contributed by atoms with Gasteiger partial charge in [0, 0.05) is 6.20 Å². The van der Waals surface area contributed by atoms with Crippen LogP contribution in [0.5, 0.6) is 0 Å². The number of aromatic nitrogens is 3. The van der Waals surface area contributed by atoms with Crippen molar-refractivity contribution < 1.29 is 19.1 Å². The first-order valence-electron chi connectivity index (χ1n) is 6.56. The Kier molecular flexibility index (Phi) is 3.46. The SMILES string of the molecule is COC(=O)Cc1c(C(=O)OC)cnc2nc3ccccc3n12. The Balaban J connectivity index is 2.36. The number of hydrogen-bond donors (Lipinski definition) is 0. The molecule has 0 unspecified atom stereocenters. The predicted octanol–water partition coefficient (Wildman–Crippen LogP) is 1.38. The third-order valence-corrected chi connectivity index (χ3v) is 3.38. The number of carbonyl (C=O) groups is 2.